The number of amides is 1. The molecule has 0 spiro atoms. The van der Waals surface area contributed by atoms with Crippen molar-refractivity contribution in [2.45, 2.75) is 6.04 Å². The van der Waals surface area contributed by atoms with Crippen LogP contribution in [0.5, 0.6) is 11.5 Å². The van der Waals surface area contributed by atoms with Crippen LogP contribution < -0.4 is 14.8 Å². The van der Waals surface area contributed by atoms with Gasteiger partial charge >= 0.3 is 0 Å². The van der Waals surface area contributed by atoms with Crippen molar-refractivity contribution in [2.24, 2.45) is 7.05 Å². The largest absolute Gasteiger partial charge is 0.497 e. The van der Waals surface area contributed by atoms with Gasteiger partial charge in [-0.2, -0.15) is 0 Å². The molecule has 152 valence electrons. The summed E-state index contributed by atoms with van der Waals surface area (Å²) in [5, 5.41) is 4.04. The van der Waals surface area contributed by atoms with Crippen LogP contribution in [-0.2, 0) is 7.05 Å². The number of para-hydroxylation sites is 1. The van der Waals surface area contributed by atoms with Crippen LogP contribution in [0.3, 0.4) is 0 Å². The first-order valence-electron chi connectivity index (χ1n) is 9.46. The van der Waals surface area contributed by atoms with E-state index in [1.165, 1.54) is 0 Å². The molecule has 1 unspecified atom stereocenters. The maximum atomic E-state index is 13.1. The van der Waals surface area contributed by atoms with E-state index in [4.69, 9.17) is 9.47 Å². The molecular weight excluding hydrogens is 380 g/mol. The summed E-state index contributed by atoms with van der Waals surface area (Å²) in [5.74, 6) is 1.64. The predicted molar refractivity (Wildman–Crippen MR) is 114 cm³/mol. The fraction of sp³-hybridized carbons (Fsp3) is 0.174. The normalized spacial score (nSPS) is 11.8. The van der Waals surface area contributed by atoms with E-state index in [-0.39, 0.29) is 5.91 Å². The Morgan fingerprint density at radius 3 is 2.43 bits per heavy atom. The molecule has 2 heterocycles. The first-order valence-corrected chi connectivity index (χ1v) is 9.46. The number of pyridine rings is 1. The molecule has 0 aliphatic rings. The van der Waals surface area contributed by atoms with Crippen molar-refractivity contribution >= 4 is 16.8 Å². The fourth-order valence-electron chi connectivity index (χ4n) is 3.35. The number of imidazole rings is 1. The van der Waals surface area contributed by atoms with Crippen molar-refractivity contribution in [2.75, 3.05) is 14.2 Å². The molecule has 1 amide bonds. The molecule has 0 saturated carbocycles. The Labute approximate surface area is 174 Å². The van der Waals surface area contributed by atoms with Crippen molar-refractivity contribution < 1.29 is 14.3 Å². The van der Waals surface area contributed by atoms with E-state index in [0.717, 1.165) is 16.5 Å². The molecule has 0 aliphatic heterocycles. The zero-order valence-corrected chi connectivity index (χ0v) is 17.0. The number of aryl methyl sites for hydroxylation is 1. The lowest BCUT2D eigenvalue weighted by molar-refractivity contribution is 0.0936. The van der Waals surface area contributed by atoms with E-state index in [2.05, 4.69) is 15.3 Å². The van der Waals surface area contributed by atoms with Gasteiger partial charge in [0.15, 0.2) is 0 Å². The third-order valence-electron chi connectivity index (χ3n) is 4.93. The summed E-state index contributed by atoms with van der Waals surface area (Å²) < 4.78 is 12.7. The number of ether oxygens (including phenoxy) is 2. The van der Waals surface area contributed by atoms with Gasteiger partial charge in [0.2, 0.25) is 0 Å². The van der Waals surface area contributed by atoms with Crippen molar-refractivity contribution in [3.05, 3.63) is 84.1 Å². The number of nitrogens with zero attached hydrogens (tertiary/aromatic N) is 3. The van der Waals surface area contributed by atoms with Gasteiger partial charge in [-0.1, -0.05) is 24.3 Å². The van der Waals surface area contributed by atoms with Crippen LogP contribution in [0.4, 0.5) is 0 Å². The summed E-state index contributed by atoms with van der Waals surface area (Å²) in [4.78, 5) is 22.1. The molecule has 7 heteroatoms. The lowest BCUT2D eigenvalue weighted by atomic mass is 10.0. The molecule has 7 nitrogen and oxygen atoms in total. The predicted octanol–water partition coefficient (Wildman–Crippen LogP) is 3.50. The minimum Gasteiger partial charge on any atom is -0.497 e. The first-order chi connectivity index (χ1) is 14.6. The van der Waals surface area contributed by atoms with E-state index in [9.17, 15) is 4.79 Å². The third-order valence-corrected chi connectivity index (χ3v) is 4.93. The summed E-state index contributed by atoms with van der Waals surface area (Å²) >= 11 is 0. The molecule has 4 rings (SSSR count). The summed E-state index contributed by atoms with van der Waals surface area (Å²) in [6, 6.07) is 16.3. The molecule has 4 aromatic rings. The lowest BCUT2D eigenvalue weighted by Gasteiger charge is -2.20. The molecule has 1 atom stereocenters. The molecule has 2 aromatic carbocycles. The van der Waals surface area contributed by atoms with E-state index < -0.39 is 6.04 Å². The number of methoxy groups -OCH3 is 2. The minimum absolute atomic E-state index is 0.296. The van der Waals surface area contributed by atoms with Crippen LogP contribution in [0.25, 0.3) is 10.9 Å². The fourth-order valence-corrected chi connectivity index (χ4v) is 3.35. The summed E-state index contributed by atoms with van der Waals surface area (Å²) in [6.07, 6.45) is 3.53. The van der Waals surface area contributed by atoms with E-state index >= 15 is 0 Å². The molecule has 0 radical (unpaired) electrons. The van der Waals surface area contributed by atoms with Gasteiger partial charge in [0, 0.05) is 30.9 Å². The van der Waals surface area contributed by atoms with Crippen molar-refractivity contribution in [1.82, 2.24) is 19.9 Å². The summed E-state index contributed by atoms with van der Waals surface area (Å²) in [7, 11) is 5.06. The maximum absolute atomic E-state index is 13.1. The van der Waals surface area contributed by atoms with Crippen LogP contribution in [0.15, 0.2) is 67.0 Å². The standard InChI is InChI=1S/C23H22N4O3/c1-27-11-10-24-22(27)21(16-12-17(29-2)14-18(13-16)30-3)26-23(28)20-9-8-15-6-4-5-7-19(15)25-20/h4-14,21H,1-3H3,(H,26,28). The Balaban J connectivity index is 1.73. The van der Waals surface area contributed by atoms with Crippen LogP contribution in [0.2, 0.25) is 0 Å². The molecule has 30 heavy (non-hydrogen) atoms. The van der Waals surface area contributed by atoms with Gasteiger partial charge in [-0.15, -0.1) is 0 Å². The Hall–Kier alpha value is -3.87. The zero-order valence-electron chi connectivity index (χ0n) is 17.0. The average molecular weight is 402 g/mol. The molecule has 0 bridgehead atoms. The molecule has 0 saturated heterocycles. The van der Waals surface area contributed by atoms with E-state index in [1.807, 2.05) is 60.3 Å². The highest BCUT2D eigenvalue weighted by Crippen LogP contribution is 2.29. The smallest absolute Gasteiger partial charge is 0.270 e. The first kappa shape index (κ1) is 19.4. The van der Waals surface area contributed by atoms with Gasteiger partial charge in [-0.3, -0.25) is 4.79 Å². The highest BCUT2D eigenvalue weighted by Gasteiger charge is 2.23. The maximum Gasteiger partial charge on any atom is 0.270 e. The van der Waals surface area contributed by atoms with E-state index in [0.29, 0.717) is 23.0 Å². The van der Waals surface area contributed by atoms with E-state index in [1.54, 1.807) is 32.5 Å². The van der Waals surface area contributed by atoms with Gasteiger partial charge in [0.1, 0.15) is 29.1 Å². The van der Waals surface area contributed by atoms with Crippen LogP contribution in [0, 0.1) is 0 Å². The van der Waals surface area contributed by atoms with Gasteiger partial charge in [-0.25, -0.2) is 9.97 Å². The highest BCUT2D eigenvalue weighted by atomic mass is 16.5. The Morgan fingerprint density at radius 1 is 1.03 bits per heavy atom. The topological polar surface area (TPSA) is 78.3 Å². The van der Waals surface area contributed by atoms with Gasteiger partial charge in [0.25, 0.3) is 5.91 Å². The third kappa shape index (κ3) is 3.82. The number of hydrogen-bond acceptors (Lipinski definition) is 5. The molecular formula is C23H22N4O3. The number of fused-ring (bicyclic) bond motifs is 1. The van der Waals surface area contributed by atoms with Crippen molar-refractivity contribution in [3.63, 3.8) is 0 Å². The van der Waals surface area contributed by atoms with Crippen LogP contribution in [0.1, 0.15) is 27.9 Å². The van der Waals surface area contributed by atoms with Crippen LogP contribution in [-0.4, -0.2) is 34.7 Å². The average Bonchev–Trinajstić information content (AvgIpc) is 3.21. The van der Waals surface area contributed by atoms with Crippen molar-refractivity contribution in [3.8, 4) is 11.5 Å². The number of aromatic nitrogens is 3. The second kappa shape index (κ2) is 8.24. The second-order valence-corrected chi connectivity index (χ2v) is 6.84. The number of carbonyl (C=O) groups excluding carboxylic acids is 1. The minimum atomic E-state index is -0.519. The van der Waals surface area contributed by atoms with Gasteiger partial charge in [-0.05, 0) is 29.8 Å². The number of rotatable bonds is 6. The molecule has 1 N–H and O–H groups in total. The number of nitrogens with one attached hydrogen (secondary N) is 1. The van der Waals surface area contributed by atoms with Gasteiger partial charge < -0.3 is 19.4 Å². The second-order valence-electron chi connectivity index (χ2n) is 6.84. The zero-order chi connectivity index (χ0) is 21.1. The number of benzene rings is 2. The lowest BCUT2D eigenvalue weighted by Crippen LogP contribution is -2.31. The molecule has 0 aliphatic carbocycles. The quantitative estimate of drug-likeness (QED) is 0.534. The SMILES string of the molecule is COc1cc(OC)cc(C(NC(=O)c2ccc3ccccc3n2)c2nccn2C)c1. The number of hydrogen-bond donors (Lipinski definition) is 1. The summed E-state index contributed by atoms with van der Waals surface area (Å²) in [6.45, 7) is 0. The van der Waals surface area contributed by atoms with Crippen LogP contribution >= 0.6 is 0 Å². The molecule has 0 fully saturated rings. The molecule has 2 aromatic heterocycles. The Bertz CT molecular complexity index is 1180. The Kier molecular flexibility index (Phi) is 5.34. The summed E-state index contributed by atoms with van der Waals surface area (Å²) in [5.41, 5.74) is 1.89. The Morgan fingerprint density at radius 2 is 1.77 bits per heavy atom. The number of carbonyl (C=O) groups is 1. The van der Waals surface area contributed by atoms with Gasteiger partial charge in [0.05, 0.1) is 19.7 Å². The highest BCUT2D eigenvalue weighted by molar-refractivity contribution is 5.95. The monoisotopic (exact) mass is 402 g/mol. The van der Waals surface area contributed by atoms with Crippen molar-refractivity contribution in [1.29, 1.82) is 0 Å².